The lowest BCUT2D eigenvalue weighted by Crippen LogP contribution is -2.14. The summed E-state index contributed by atoms with van der Waals surface area (Å²) in [5, 5.41) is 0. The third kappa shape index (κ3) is 1.85. The van der Waals surface area contributed by atoms with E-state index in [1.807, 2.05) is 23.5 Å². The quantitative estimate of drug-likeness (QED) is 0.519. The van der Waals surface area contributed by atoms with Crippen LogP contribution in [0.5, 0.6) is 0 Å². The van der Waals surface area contributed by atoms with Crippen molar-refractivity contribution in [2.24, 2.45) is 9.98 Å². The van der Waals surface area contributed by atoms with Crippen LogP contribution in [0.15, 0.2) is 34.8 Å². The van der Waals surface area contributed by atoms with E-state index in [2.05, 4.69) is 16.7 Å². The molecule has 0 fully saturated rings. The molecule has 10 heavy (non-hydrogen) atoms. The highest BCUT2D eigenvalue weighted by molar-refractivity contribution is 5.62. The fourth-order valence-electron chi connectivity index (χ4n) is 0.631. The predicted molar refractivity (Wildman–Crippen MR) is 43.0 cm³/mol. The van der Waals surface area contributed by atoms with Crippen molar-refractivity contribution in [3.05, 3.63) is 24.8 Å². The second kappa shape index (κ2) is 3.61. The van der Waals surface area contributed by atoms with Crippen molar-refractivity contribution in [2.75, 3.05) is 6.54 Å². The molecule has 0 saturated carbocycles. The van der Waals surface area contributed by atoms with Crippen LogP contribution in [0.25, 0.3) is 0 Å². The van der Waals surface area contributed by atoms with Gasteiger partial charge in [-0.25, -0.2) is 0 Å². The van der Waals surface area contributed by atoms with Gasteiger partial charge < -0.3 is 4.90 Å². The van der Waals surface area contributed by atoms with E-state index >= 15 is 0 Å². The summed E-state index contributed by atoms with van der Waals surface area (Å²) in [6, 6.07) is 0. The van der Waals surface area contributed by atoms with E-state index in [4.69, 9.17) is 0 Å². The Hall–Kier alpha value is -1.38. The zero-order chi connectivity index (χ0) is 7.23. The summed E-state index contributed by atoms with van der Waals surface area (Å²) in [4.78, 5) is 9.45. The minimum absolute atomic E-state index is 0.808. The van der Waals surface area contributed by atoms with Gasteiger partial charge in [-0.1, -0.05) is 0 Å². The first-order valence-electron chi connectivity index (χ1n) is 3.00. The van der Waals surface area contributed by atoms with Crippen molar-refractivity contribution in [1.29, 1.82) is 0 Å². The highest BCUT2D eigenvalue weighted by Gasteiger charge is 1.92. The third-order valence-electron chi connectivity index (χ3n) is 1.11. The average Bonchev–Trinajstić information content (AvgIpc) is 2.03. The average molecular weight is 135 g/mol. The topological polar surface area (TPSA) is 28.0 Å². The van der Waals surface area contributed by atoms with Gasteiger partial charge in [-0.05, 0) is 6.72 Å². The van der Waals surface area contributed by atoms with Crippen LogP contribution in [0.4, 0.5) is 0 Å². The number of rotatable bonds is 2. The lowest BCUT2D eigenvalue weighted by molar-refractivity contribution is 0.578. The van der Waals surface area contributed by atoms with Gasteiger partial charge in [0.1, 0.15) is 0 Å². The molecule has 0 amide bonds. The van der Waals surface area contributed by atoms with E-state index in [9.17, 15) is 0 Å². The normalized spacial score (nSPS) is 16.6. The maximum absolute atomic E-state index is 3.91. The van der Waals surface area contributed by atoms with Crippen molar-refractivity contribution in [3.8, 4) is 0 Å². The Balaban J connectivity index is 2.43. The van der Waals surface area contributed by atoms with E-state index in [0.29, 0.717) is 0 Å². The summed E-state index contributed by atoms with van der Waals surface area (Å²) in [6.45, 7) is 4.13. The van der Waals surface area contributed by atoms with Crippen LogP contribution in [0.2, 0.25) is 0 Å². The van der Waals surface area contributed by atoms with Crippen molar-refractivity contribution in [2.45, 2.75) is 0 Å². The van der Waals surface area contributed by atoms with E-state index in [0.717, 1.165) is 6.54 Å². The van der Waals surface area contributed by atoms with Crippen LogP contribution in [0.1, 0.15) is 0 Å². The Labute approximate surface area is 60.1 Å². The molecule has 3 heteroatoms. The molecule has 52 valence electrons. The summed E-state index contributed by atoms with van der Waals surface area (Å²) >= 11 is 0. The van der Waals surface area contributed by atoms with E-state index in [-0.39, 0.29) is 0 Å². The maximum atomic E-state index is 3.91. The molecule has 0 aromatic heterocycles. The Morgan fingerprint density at radius 2 is 2.60 bits per heavy atom. The van der Waals surface area contributed by atoms with Gasteiger partial charge in [0.2, 0.25) is 0 Å². The summed E-state index contributed by atoms with van der Waals surface area (Å²) in [5.74, 6) is 0. The molecule has 0 spiro atoms. The van der Waals surface area contributed by atoms with E-state index in [1.54, 1.807) is 12.4 Å². The molecule has 0 aliphatic carbocycles. The van der Waals surface area contributed by atoms with Crippen molar-refractivity contribution >= 4 is 12.9 Å². The zero-order valence-corrected chi connectivity index (χ0v) is 5.64. The molecule has 0 bridgehead atoms. The van der Waals surface area contributed by atoms with Crippen LogP contribution >= 0.6 is 0 Å². The van der Waals surface area contributed by atoms with Gasteiger partial charge in [-0.2, -0.15) is 0 Å². The van der Waals surface area contributed by atoms with Crippen LogP contribution in [0, 0.1) is 0 Å². The summed E-state index contributed by atoms with van der Waals surface area (Å²) in [7, 11) is 0. The molecule has 1 heterocycles. The van der Waals surface area contributed by atoms with Gasteiger partial charge in [0.05, 0.1) is 6.54 Å². The third-order valence-corrected chi connectivity index (χ3v) is 1.11. The van der Waals surface area contributed by atoms with Gasteiger partial charge in [-0.15, -0.1) is 0 Å². The fraction of sp³-hybridized carbons (Fsp3) is 0.143. The van der Waals surface area contributed by atoms with Gasteiger partial charge in [0.25, 0.3) is 0 Å². The van der Waals surface area contributed by atoms with Gasteiger partial charge in [0, 0.05) is 31.0 Å². The lowest BCUT2D eigenvalue weighted by Gasteiger charge is -2.12. The lowest BCUT2D eigenvalue weighted by atomic mass is 10.5. The Bertz CT molecular complexity index is 191. The van der Waals surface area contributed by atoms with Crippen LogP contribution in [-0.4, -0.2) is 24.4 Å². The molecule has 1 aliphatic heterocycles. The second-order valence-corrected chi connectivity index (χ2v) is 1.81. The number of hydrogen-bond acceptors (Lipinski definition) is 3. The van der Waals surface area contributed by atoms with Crippen LogP contribution in [-0.2, 0) is 0 Å². The molecule has 3 nitrogen and oxygen atoms in total. The first kappa shape index (κ1) is 6.74. The van der Waals surface area contributed by atoms with Crippen LogP contribution < -0.4 is 0 Å². The molecular weight excluding hydrogens is 126 g/mol. The molecular formula is C7H9N3. The zero-order valence-electron chi connectivity index (χ0n) is 5.64. The smallest absolute Gasteiger partial charge is 0.0574 e. The molecule has 0 N–H and O–H groups in total. The molecule has 0 radical (unpaired) electrons. The van der Waals surface area contributed by atoms with Crippen LogP contribution in [0.3, 0.4) is 0 Å². The minimum Gasteiger partial charge on any atom is -0.346 e. The summed E-state index contributed by atoms with van der Waals surface area (Å²) in [6.07, 6.45) is 8.92. The molecule has 0 unspecified atom stereocenters. The van der Waals surface area contributed by atoms with E-state index < -0.39 is 0 Å². The van der Waals surface area contributed by atoms with Gasteiger partial charge in [0.15, 0.2) is 0 Å². The number of nitrogens with zero attached hydrogens (tertiary/aromatic N) is 3. The van der Waals surface area contributed by atoms with Crippen molar-refractivity contribution in [1.82, 2.24) is 4.90 Å². The maximum Gasteiger partial charge on any atom is 0.0574 e. The second-order valence-electron chi connectivity index (χ2n) is 1.81. The molecule has 0 aromatic carbocycles. The first-order chi connectivity index (χ1) is 4.93. The Morgan fingerprint density at radius 3 is 3.20 bits per heavy atom. The summed E-state index contributed by atoms with van der Waals surface area (Å²) < 4.78 is 0. The highest BCUT2D eigenvalue weighted by atomic mass is 15.1. The van der Waals surface area contributed by atoms with Crippen molar-refractivity contribution < 1.29 is 0 Å². The minimum atomic E-state index is 0.808. The predicted octanol–water partition coefficient (Wildman–Crippen LogP) is 1.02. The van der Waals surface area contributed by atoms with Gasteiger partial charge in [-0.3, -0.25) is 9.98 Å². The van der Waals surface area contributed by atoms with Gasteiger partial charge >= 0.3 is 0 Å². The first-order valence-corrected chi connectivity index (χ1v) is 3.00. The molecule has 0 saturated heterocycles. The van der Waals surface area contributed by atoms with Crippen molar-refractivity contribution in [3.63, 3.8) is 0 Å². The number of hydrogen-bond donors (Lipinski definition) is 0. The fourth-order valence-corrected chi connectivity index (χ4v) is 0.631. The molecule has 0 aromatic rings. The SMILES string of the molecule is C=N/C=C\N1C=CN=CC1. The molecule has 1 aliphatic rings. The largest absolute Gasteiger partial charge is 0.346 e. The summed E-state index contributed by atoms with van der Waals surface area (Å²) in [5.41, 5.74) is 0. The Kier molecular flexibility index (Phi) is 2.43. The molecule has 1 rings (SSSR count). The van der Waals surface area contributed by atoms with E-state index in [1.165, 1.54) is 0 Å². The number of aliphatic imine (C=N–C) groups is 2. The standard InChI is InChI=1S/C7H9N3/c1-8-2-5-10-6-3-9-4-7-10/h2-6H,1,7H2/b5-2-. The monoisotopic (exact) mass is 135 g/mol. The Morgan fingerprint density at radius 1 is 1.70 bits per heavy atom. The molecule has 0 atom stereocenters. The highest BCUT2D eigenvalue weighted by Crippen LogP contribution is 1.94.